The highest BCUT2D eigenvalue weighted by Gasteiger charge is 2.41. The number of carbonyl (C=O) groups excluding carboxylic acids is 1. The first-order valence-corrected chi connectivity index (χ1v) is 8.36. The highest BCUT2D eigenvalue weighted by molar-refractivity contribution is 5.92. The maximum absolute atomic E-state index is 12.6. The molecule has 1 saturated heterocycles. The van der Waals surface area contributed by atoms with E-state index in [-0.39, 0.29) is 5.91 Å². The molecule has 1 aromatic heterocycles. The standard InChI is InChI=1S/C19H23N3O3/c1-14-6-4-5-7-17(14)25-13-19(24-3)10-11-22(12-19)18(23)16-9-8-15(2)20-21-16/h4-9H,10-13H2,1-3H3/t19-/m0/s1. The van der Waals surface area contributed by atoms with Crippen LogP contribution < -0.4 is 4.74 Å². The SMILES string of the molecule is CO[C@@]1(COc2ccccc2C)CCN(C(=O)c2ccc(C)nn2)C1. The second-order valence-corrected chi connectivity index (χ2v) is 6.48. The molecule has 0 aliphatic carbocycles. The Hall–Kier alpha value is -2.47. The zero-order valence-electron chi connectivity index (χ0n) is 14.9. The number of carbonyl (C=O) groups is 1. The maximum Gasteiger partial charge on any atom is 0.274 e. The van der Waals surface area contributed by atoms with Crippen LogP contribution in [-0.4, -0.2) is 53.4 Å². The van der Waals surface area contributed by atoms with Crippen molar-refractivity contribution in [2.45, 2.75) is 25.9 Å². The largest absolute Gasteiger partial charge is 0.490 e. The molecule has 2 aromatic rings. The van der Waals surface area contributed by atoms with Gasteiger partial charge in [0.1, 0.15) is 18.0 Å². The average molecular weight is 341 g/mol. The average Bonchev–Trinajstić information content (AvgIpc) is 3.06. The van der Waals surface area contributed by atoms with Gasteiger partial charge in [0.05, 0.1) is 12.2 Å². The molecule has 3 rings (SSSR count). The maximum atomic E-state index is 12.6. The van der Waals surface area contributed by atoms with Crippen LogP contribution in [0.1, 0.15) is 28.2 Å². The van der Waals surface area contributed by atoms with Crippen molar-refractivity contribution in [2.75, 3.05) is 26.8 Å². The lowest BCUT2D eigenvalue weighted by Crippen LogP contribution is -2.42. The first-order chi connectivity index (χ1) is 12.0. The van der Waals surface area contributed by atoms with Gasteiger partial charge in [0, 0.05) is 13.7 Å². The minimum atomic E-state index is -0.504. The minimum absolute atomic E-state index is 0.123. The lowest BCUT2D eigenvalue weighted by atomic mass is 10.0. The summed E-state index contributed by atoms with van der Waals surface area (Å²) in [4.78, 5) is 14.4. The van der Waals surface area contributed by atoms with E-state index in [1.165, 1.54) is 0 Å². The Morgan fingerprint density at radius 1 is 1.20 bits per heavy atom. The summed E-state index contributed by atoms with van der Waals surface area (Å²) in [7, 11) is 1.67. The van der Waals surface area contributed by atoms with Gasteiger partial charge in [-0.2, -0.15) is 5.10 Å². The van der Waals surface area contributed by atoms with Crippen LogP contribution in [0.5, 0.6) is 5.75 Å². The molecule has 132 valence electrons. The number of amides is 1. The van der Waals surface area contributed by atoms with Crippen molar-refractivity contribution in [3.8, 4) is 5.75 Å². The van der Waals surface area contributed by atoms with Gasteiger partial charge in [-0.3, -0.25) is 4.79 Å². The predicted octanol–water partition coefficient (Wildman–Crippen LogP) is 2.40. The number of aromatic nitrogens is 2. The van der Waals surface area contributed by atoms with Crippen molar-refractivity contribution in [1.82, 2.24) is 15.1 Å². The summed E-state index contributed by atoms with van der Waals surface area (Å²) in [5.74, 6) is 0.718. The molecule has 6 heteroatoms. The smallest absolute Gasteiger partial charge is 0.274 e. The van der Waals surface area contributed by atoms with E-state index < -0.39 is 5.60 Å². The zero-order chi connectivity index (χ0) is 17.9. The number of likely N-dealkylation sites (tertiary alicyclic amines) is 1. The van der Waals surface area contributed by atoms with E-state index in [2.05, 4.69) is 10.2 Å². The number of para-hydroxylation sites is 1. The Balaban J connectivity index is 1.67. The fourth-order valence-corrected chi connectivity index (χ4v) is 2.96. The molecule has 1 aliphatic rings. The van der Waals surface area contributed by atoms with Crippen LogP contribution in [0, 0.1) is 13.8 Å². The second kappa shape index (κ2) is 7.19. The highest BCUT2D eigenvalue weighted by Crippen LogP contribution is 2.28. The molecule has 0 N–H and O–H groups in total. The van der Waals surface area contributed by atoms with Crippen molar-refractivity contribution in [2.24, 2.45) is 0 Å². The Morgan fingerprint density at radius 3 is 2.68 bits per heavy atom. The molecule has 0 saturated carbocycles. The predicted molar refractivity (Wildman–Crippen MR) is 93.7 cm³/mol. The Bertz CT molecular complexity index is 748. The third kappa shape index (κ3) is 3.79. The van der Waals surface area contributed by atoms with Gasteiger partial charge in [0.25, 0.3) is 5.91 Å². The number of nitrogens with zero attached hydrogens (tertiary/aromatic N) is 3. The van der Waals surface area contributed by atoms with E-state index in [0.29, 0.717) is 25.4 Å². The molecular weight excluding hydrogens is 318 g/mol. The summed E-state index contributed by atoms with van der Waals surface area (Å²) < 4.78 is 11.7. The number of methoxy groups -OCH3 is 1. The van der Waals surface area contributed by atoms with Gasteiger partial charge in [-0.1, -0.05) is 18.2 Å². The molecule has 0 radical (unpaired) electrons. The van der Waals surface area contributed by atoms with Gasteiger partial charge >= 0.3 is 0 Å². The number of hydrogen-bond acceptors (Lipinski definition) is 5. The van der Waals surface area contributed by atoms with Crippen molar-refractivity contribution in [1.29, 1.82) is 0 Å². The van der Waals surface area contributed by atoms with Crippen LogP contribution in [0.25, 0.3) is 0 Å². The Labute approximate surface area is 147 Å². The molecule has 6 nitrogen and oxygen atoms in total. The van der Waals surface area contributed by atoms with Crippen molar-refractivity contribution >= 4 is 5.91 Å². The summed E-state index contributed by atoms with van der Waals surface area (Å²) in [6.45, 7) is 5.34. The summed E-state index contributed by atoms with van der Waals surface area (Å²) in [6.07, 6.45) is 0.723. The second-order valence-electron chi connectivity index (χ2n) is 6.48. The van der Waals surface area contributed by atoms with E-state index in [4.69, 9.17) is 9.47 Å². The number of ether oxygens (including phenoxy) is 2. The van der Waals surface area contributed by atoms with E-state index in [1.54, 1.807) is 24.1 Å². The molecule has 25 heavy (non-hydrogen) atoms. The lowest BCUT2D eigenvalue weighted by molar-refractivity contribution is -0.0344. The van der Waals surface area contributed by atoms with E-state index in [1.807, 2.05) is 38.1 Å². The molecule has 1 amide bonds. The summed E-state index contributed by atoms with van der Waals surface area (Å²) in [6, 6.07) is 11.4. The van der Waals surface area contributed by atoms with Gasteiger partial charge in [0.2, 0.25) is 0 Å². The van der Waals surface area contributed by atoms with Crippen molar-refractivity contribution < 1.29 is 14.3 Å². The molecule has 1 fully saturated rings. The number of aryl methyl sites for hydroxylation is 2. The van der Waals surface area contributed by atoms with Crippen molar-refractivity contribution in [3.63, 3.8) is 0 Å². The molecular formula is C19H23N3O3. The van der Waals surface area contributed by atoms with Crippen LogP contribution in [0.3, 0.4) is 0 Å². The third-order valence-corrected chi connectivity index (χ3v) is 4.64. The number of hydrogen-bond donors (Lipinski definition) is 0. The van der Waals surface area contributed by atoms with Crippen LogP contribution in [0.15, 0.2) is 36.4 Å². The molecule has 0 bridgehead atoms. The summed E-state index contributed by atoms with van der Waals surface area (Å²) in [5, 5.41) is 7.95. The van der Waals surface area contributed by atoms with Crippen LogP contribution in [-0.2, 0) is 4.74 Å². The van der Waals surface area contributed by atoms with Gasteiger partial charge in [-0.05, 0) is 44.0 Å². The fourth-order valence-electron chi connectivity index (χ4n) is 2.96. The van der Waals surface area contributed by atoms with E-state index in [0.717, 1.165) is 23.4 Å². The quantitative estimate of drug-likeness (QED) is 0.835. The lowest BCUT2D eigenvalue weighted by Gasteiger charge is -2.28. The Morgan fingerprint density at radius 2 is 2.00 bits per heavy atom. The summed E-state index contributed by atoms with van der Waals surface area (Å²) >= 11 is 0. The van der Waals surface area contributed by atoms with Gasteiger partial charge < -0.3 is 14.4 Å². The van der Waals surface area contributed by atoms with Crippen LogP contribution in [0.2, 0.25) is 0 Å². The zero-order valence-corrected chi connectivity index (χ0v) is 14.9. The van der Waals surface area contributed by atoms with Crippen molar-refractivity contribution in [3.05, 3.63) is 53.3 Å². The van der Waals surface area contributed by atoms with Crippen LogP contribution >= 0.6 is 0 Å². The first-order valence-electron chi connectivity index (χ1n) is 8.36. The molecule has 2 heterocycles. The topological polar surface area (TPSA) is 64.6 Å². The first kappa shape index (κ1) is 17.4. The monoisotopic (exact) mass is 341 g/mol. The van der Waals surface area contributed by atoms with E-state index in [9.17, 15) is 4.79 Å². The van der Waals surface area contributed by atoms with E-state index >= 15 is 0 Å². The summed E-state index contributed by atoms with van der Waals surface area (Å²) in [5.41, 5.74) is 1.72. The minimum Gasteiger partial charge on any atom is -0.490 e. The Kier molecular flexibility index (Phi) is 4.99. The molecule has 1 atom stereocenters. The van der Waals surface area contributed by atoms with Crippen LogP contribution in [0.4, 0.5) is 0 Å². The molecule has 0 spiro atoms. The molecule has 1 aliphatic heterocycles. The molecule has 1 aromatic carbocycles. The number of rotatable bonds is 5. The third-order valence-electron chi connectivity index (χ3n) is 4.64. The van der Waals surface area contributed by atoms with Gasteiger partial charge in [-0.15, -0.1) is 5.10 Å². The van der Waals surface area contributed by atoms with Gasteiger partial charge in [0.15, 0.2) is 5.69 Å². The molecule has 0 unspecified atom stereocenters. The van der Waals surface area contributed by atoms with Gasteiger partial charge in [-0.25, -0.2) is 0 Å². The normalized spacial score (nSPS) is 19.9. The highest BCUT2D eigenvalue weighted by atomic mass is 16.5. The fraction of sp³-hybridized carbons (Fsp3) is 0.421. The number of benzene rings is 1.